The first-order valence-corrected chi connectivity index (χ1v) is 6.62. The number of nitrogens with zero attached hydrogens (tertiary/aromatic N) is 1. The monoisotopic (exact) mass is 252 g/mol. The van der Waals surface area contributed by atoms with Crippen molar-refractivity contribution < 1.29 is 9.50 Å². The Morgan fingerprint density at radius 2 is 2.22 bits per heavy atom. The highest BCUT2D eigenvalue weighted by atomic mass is 19.1. The lowest BCUT2D eigenvalue weighted by molar-refractivity contribution is 0.262. The minimum absolute atomic E-state index is 0.185. The van der Waals surface area contributed by atoms with Gasteiger partial charge in [0.15, 0.2) is 0 Å². The van der Waals surface area contributed by atoms with Crippen molar-refractivity contribution in [3.8, 4) is 0 Å². The molecule has 1 unspecified atom stereocenters. The largest absolute Gasteiger partial charge is 0.396 e. The number of benzene rings is 1. The van der Waals surface area contributed by atoms with E-state index in [1.165, 1.54) is 6.42 Å². The van der Waals surface area contributed by atoms with Gasteiger partial charge in [0.2, 0.25) is 0 Å². The molecule has 0 amide bonds. The summed E-state index contributed by atoms with van der Waals surface area (Å²) < 4.78 is 13.8. The van der Waals surface area contributed by atoms with Crippen LogP contribution in [0.3, 0.4) is 0 Å². The van der Waals surface area contributed by atoms with E-state index in [9.17, 15) is 4.39 Å². The molecule has 0 saturated carbocycles. The van der Waals surface area contributed by atoms with E-state index >= 15 is 0 Å². The Balaban J connectivity index is 2.19. The van der Waals surface area contributed by atoms with Crippen molar-refractivity contribution in [2.45, 2.75) is 38.3 Å². The van der Waals surface area contributed by atoms with Crippen LogP contribution in [0.1, 0.15) is 31.2 Å². The quantitative estimate of drug-likeness (QED) is 0.862. The van der Waals surface area contributed by atoms with E-state index < -0.39 is 0 Å². The summed E-state index contributed by atoms with van der Waals surface area (Å²) in [7, 11) is 0. The number of aliphatic hydroxyl groups excluding tert-OH is 1. The van der Waals surface area contributed by atoms with Gasteiger partial charge in [0.25, 0.3) is 0 Å². The average molecular weight is 252 g/mol. The molecule has 3 N–H and O–H groups in total. The molecule has 3 nitrogen and oxygen atoms in total. The summed E-state index contributed by atoms with van der Waals surface area (Å²) in [5.41, 5.74) is 6.92. The number of aliphatic hydroxyl groups is 1. The lowest BCUT2D eigenvalue weighted by Gasteiger charge is -2.37. The molecule has 1 aliphatic heterocycles. The van der Waals surface area contributed by atoms with Crippen molar-refractivity contribution >= 4 is 5.69 Å². The molecule has 1 heterocycles. The highest BCUT2D eigenvalue weighted by Gasteiger charge is 2.22. The number of anilines is 1. The molecule has 2 rings (SSSR count). The number of nitrogens with two attached hydrogens (primary N) is 1. The Morgan fingerprint density at radius 1 is 1.39 bits per heavy atom. The molecule has 1 aromatic carbocycles. The van der Waals surface area contributed by atoms with Gasteiger partial charge in [-0.1, -0.05) is 6.07 Å². The summed E-state index contributed by atoms with van der Waals surface area (Å²) >= 11 is 0. The average Bonchev–Trinajstić information content (AvgIpc) is 2.40. The predicted octanol–water partition coefficient (Wildman–Crippen LogP) is 2.03. The van der Waals surface area contributed by atoms with E-state index in [-0.39, 0.29) is 19.0 Å². The topological polar surface area (TPSA) is 49.5 Å². The van der Waals surface area contributed by atoms with Crippen LogP contribution in [0, 0.1) is 5.82 Å². The minimum Gasteiger partial charge on any atom is -0.396 e. The number of hydrogen-bond acceptors (Lipinski definition) is 3. The molecule has 1 aromatic rings. The van der Waals surface area contributed by atoms with Crippen molar-refractivity contribution in [1.82, 2.24) is 0 Å². The van der Waals surface area contributed by atoms with Gasteiger partial charge in [0.1, 0.15) is 5.82 Å². The van der Waals surface area contributed by atoms with Gasteiger partial charge in [-0.05, 0) is 37.8 Å². The first-order valence-electron chi connectivity index (χ1n) is 6.62. The summed E-state index contributed by atoms with van der Waals surface area (Å²) in [6.45, 7) is 1.35. The van der Waals surface area contributed by atoms with Gasteiger partial charge in [-0.15, -0.1) is 0 Å². The van der Waals surface area contributed by atoms with Crippen molar-refractivity contribution in [3.05, 3.63) is 29.6 Å². The second-order valence-corrected chi connectivity index (χ2v) is 4.84. The maximum absolute atomic E-state index is 13.8. The van der Waals surface area contributed by atoms with E-state index in [1.807, 2.05) is 6.07 Å². The molecule has 1 aliphatic rings. The number of piperidine rings is 1. The first-order chi connectivity index (χ1) is 8.76. The van der Waals surface area contributed by atoms with Gasteiger partial charge < -0.3 is 15.7 Å². The molecule has 1 atom stereocenters. The van der Waals surface area contributed by atoms with Crippen molar-refractivity contribution in [2.24, 2.45) is 5.73 Å². The zero-order chi connectivity index (χ0) is 13.0. The van der Waals surface area contributed by atoms with Crippen molar-refractivity contribution in [3.63, 3.8) is 0 Å². The Morgan fingerprint density at radius 3 is 2.89 bits per heavy atom. The SMILES string of the molecule is NCc1ccc(N2CCCCC2CCO)cc1F. The number of hydrogen-bond donors (Lipinski definition) is 2. The Kier molecular flexibility index (Phi) is 4.55. The molecule has 1 fully saturated rings. The molecule has 0 aliphatic carbocycles. The van der Waals surface area contributed by atoms with E-state index in [1.54, 1.807) is 12.1 Å². The molecule has 4 heteroatoms. The van der Waals surface area contributed by atoms with Gasteiger partial charge in [-0.3, -0.25) is 0 Å². The molecule has 0 aromatic heterocycles. The highest BCUT2D eigenvalue weighted by molar-refractivity contribution is 5.49. The molecular formula is C14H21FN2O. The fraction of sp³-hybridized carbons (Fsp3) is 0.571. The van der Waals surface area contributed by atoms with Crippen LogP contribution in [-0.4, -0.2) is 24.3 Å². The van der Waals surface area contributed by atoms with Crippen molar-refractivity contribution in [1.29, 1.82) is 0 Å². The third-order valence-electron chi connectivity index (χ3n) is 3.68. The first kappa shape index (κ1) is 13.3. The maximum atomic E-state index is 13.8. The molecule has 100 valence electrons. The zero-order valence-electron chi connectivity index (χ0n) is 10.6. The maximum Gasteiger partial charge on any atom is 0.129 e. The van der Waals surface area contributed by atoms with E-state index in [0.717, 1.165) is 31.5 Å². The van der Waals surface area contributed by atoms with Crippen LogP contribution in [0.4, 0.5) is 10.1 Å². The van der Waals surface area contributed by atoms with Crippen LogP contribution in [0.25, 0.3) is 0 Å². The van der Waals surface area contributed by atoms with Crippen LogP contribution in [0.15, 0.2) is 18.2 Å². The smallest absolute Gasteiger partial charge is 0.129 e. The Bertz CT molecular complexity index is 395. The third-order valence-corrected chi connectivity index (χ3v) is 3.68. The second kappa shape index (κ2) is 6.16. The zero-order valence-corrected chi connectivity index (χ0v) is 10.6. The third kappa shape index (κ3) is 2.82. The molecular weight excluding hydrogens is 231 g/mol. The minimum atomic E-state index is -0.233. The van der Waals surface area contributed by atoms with Gasteiger partial charge in [0, 0.05) is 37.0 Å². The highest BCUT2D eigenvalue weighted by Crippen LogP contribution is 2.27. The van der Waals surface area contributed by atoms with Crippen LogP contribution >= 0.6 is 0 Å². The fourth-order valence-corrected chi connectivity index (χ4v) is 2.67. The lowest BCUT2D eigenvalue weighted by Crippen LogP contribution is -2.40. The van der Waals surface area contributed by atoms with Crippen LogP contribution in [0.5, 0.6) is 0 Å². The van der Waals surface area contributed by atoms with Crippen LogP contribution < -0.4 is 10.6 Å². The molecule has 0 bridgehead atoms. The van der Waals surface area contributed by atoms with Crippen molar-refractivity contribution in [2.75, 3.05) is 18.1 Å². The Hall–Kier alpha value is -1.13. The summed E-state index contributed by atoms with van der Waals surface area (Å²) in [5.74, 6) is -0.233. The number of halogens is 1. The van der Waals surface area contributed by atoms with E-state index in [0.29, 0.717) is 11.6 Å². The second-order valence-electron chi connectivity index (χ2n) is 4.84. The van der Waals surface area contributed by atoms with E-state index in [4.69, 9.17) is 10.8 Å². The summed E-state index contributed by atoms with van der Waals surface area (Å²) in [6, 6.07) is 5.58. The predicted molar refractivity (Wildman–Crippen MR) is 71.0 cm³/mol. The summed E-state index contributed by atoms with van der Waals surface area (Å²) in [4.78, 5) is 2.21. The number of rotatable bonds is 4. The fourth-order valence-electron chi connectivity index (χ4n) is 2.67. The molecule has 1 saturated heterocycles. The van der Waals surface area contributed by atoms with Gasteiger partial charge in [-0.2, -0.15) is 0 Å². The lowest BCUT2D eigenvalue weighted by atomic mass is 9.98. The Labute approximate surface area is 107 Å². The molecule has 0 radical (unpaired) electrons. The van der Waals surface area contributed by atoms with E-state index in [2.05, 4.69) is 4.90 Å². The van der Waals surface area contributed by atoms with Gasteiger partial charge in [0.05, 0.1) is 0 Å². The molecule has 0 spiro atoms. The standard InChI is InChI=1S/C14H21FN2O/c15-14-9-13(5-4-11(14)10-16)17-7-2-1-3-12(17)6-8-18/h4-5,9,12,18H,1-3,6-8,10,16H2. The summed E-state index contributed by atoms with van der Waals surface area (Å²) in [6.07, 6.45) is 4.13. The van der Waals surface area contributed by atoms with Crippen LogP contribution in [0.2, 0.25) is 0 Å². The van der Waals surface area contributed by atoms with Gasteiger partial charge >= 0.3 is 0 Å². The van der Waals surface area contributed by atoms with Crippen LogP contribution in [-0.2, 0) is 6.54 Å². The van der Waals surface area contributed by atoms with Gasteiger partial charge in [-0.25, -0.2) is 4.39 Å². The molecule has 18 heavy (non-hydrogen) atoms. The summed E-state index contributed by atoms with van der Waals surface area (Å²) in [5, 5.41) is 9.10. The normalized spacial score (nSPS) is 20.2.